The van der Waals surface area contributed by atoms with E-state index in [4.69, 9.17) is 29.1 Å². The van der Waals surface area contributed by atoms with Gasteiger partial charge in [0.15, 0.2) is 0 Å². The van der Waals surface area contributed by atoms with Gasteiger partial charge in [-0.05, 0) is 18.2 Å². The molecule has 3 amide bonds. The summed E-state index contributed by atoms with van der Waals surface area (Å²) in [5, 5.41) is 5.56. The summed E-state index contributed by atoms with van der Waals surface area (Å²) in [6, 6.07) is 6.15. The quantitative estimate of drug-likeness (QED) is 0.534. The van der Waals surface area contributed by atoms with Crippen LogP contribution >= 0.6 is 11.6 Å². The SMILES string of the molecule is CN1CC(=O)N/C1=N\C(=O)Nc1cccc(Cl)c1.O=S(=O)(O)O. The van der Waals surface area contributed by atoms with Crippen LogP contribution in [0, 0.1) is 0 Å². The zero-order chi connectivity index (χ0) is 17.6. The number of carbonyl (C=O) groups is 2. The standard InChI is InChI=1S/C11H11ClN4O2.H2O4S/c1-16-6-9(17)14-10(16)15-11(18)13-8-4-2-3-7(12)5-8;1-5(2,3)4/h2-5H,6H2,1H3,(H2,13,14,15,17,18);(H2,1,2,3,4). The van der Waals surface area contributed by atoms with Gasteiger partial charge >= 0.3 is 16.4 Å². The van der Waals surface area contributed by atoms with Gasteiger partial charge in [-0.3, -0.25) is 19.2 Å². The van der Waals surface area contributed by atoms with E-state index >= 15 is 0 Å². The van der Waals surface area contributed by atoms with Gasteiger partial charge in [-0.2, -0.15) is 13.4 Å². The van der Waals surface area contributed by atoms with Crippen molar-refractivity contribution in [1.29, 1.82) is 0 Å². The van der Waals surface area contributed by atoms with Gasteiger partial charge in [-0.25, -0.2) is 4.79 Å². The van der Waals surface area contributed by atoms with Gasteiger partial charge in [0, 0.05) is 17.8 Å². The van der Waals surface area contributed by atoms with Crippen molar-refractivity contribution in [3.63, 3.8) is 0 Å². The highest BCUT2D eigenvalue weighted by Crippen LogP contribution is 2.15. The molecule has 0 radical (unpaired) electrons. The van der Waals surface area contributed by atoms with E-state index in [1.165, 1.54) is 0 Å². The fourth-order valence-electron chi connectivity index (χ4n) is 1.48. The number of urea groups is 1. The normalized spacial score (nSPS) is 15.7. The van der Waals surface area contributed by atoms with E-state index in [0.29, 0.717) is 10.7 Å². The first-order chi connectivity index (χ1) is 10.5. The van der Waals surface area contributed by atoms with Gasteiger partial charge in [0.1, 0.15) is 0 Å². The number of amides is 3. The van der Waals surface area contributed by atoms with Crippen molar-refractivity contribution in [1.82, 2.24) is 10.2 Å². The minimum atomic E-state index is -4.67. The maximum absolute atomic E-state index is 11.6. The van der Waals surface area contributed by atoms with Crippen molar-refractivity contribution in [2.24, 2.45) is 4.99 Å². The molecular weight excluding hydrogens is 352 g/mol. The van der Waals surface area contributed by atoms with Gasteiger partial charge in [0.05, 0.1) is 6.54 Å². The lowest BCUT2D eigenvalue weighted by atomic mass is 10.3. The van der Waals surface area contributed by atoms with Crippen LogP contribution < -0.4 is 10.6 Å². The van der Waals surface area contributed by atoms with Crippen LogP contribution in [0.4, 0.5) is 10.5 Å². The zero-order valence-corrected chi connectivity index (χ0v) is 13.3. The molecule has 1 aliphatic heterocycles. The third-order valence-corrected chi connectivity index (χ3v) is 2.51. The van der Waals surface area contributed by atoms with Crippen LogP contribution in [0.2, 0.25) is 5.02 Å². The number of carbonyl (C=O) groups excluding carboxylic acids is 2. The third kappa shape index (κ3) is 8.11. The first-order valence-corrected chi connectivity index (χ1v) is 7.68. The molecular formula is C11H13ClN4O6S. The van der Waals surface area contributed by atoms with E-state index in [1.807, 2.05) is 0 Å². The van der Waals surface area contributed by atoms with E-state index in [0.717, 1.165) is 0 Å². The van der Waals surface area contributed by atoms with Crippen LogP contribution in [0.15, 0.2) is 29.3 Å². The Hall–Kier alpha value is -2.21. The van der Waals surface area contributed by atoms with Gasteiger partial charge in [-0.15, -0.1) is 0 Å². The van der Waals surface area contributed by atoms with Crippen molar-refractivity contribution in [2.45, 2.75) is 0 Å². The second kappa shape index (κ2) is 7.87. The van der Waals surface area contributed by atoms with Crippen molar-refractivity contribution >= 4 is 45.6 Å². The highest BCUT2D eigenvalue weighted by Gasteiger charge is 2.22. The Kier molecular flexibility index (Phi) is 6.45. The summed E-state index contributed by atoms with van der Waals surface area (Å²) in [6.45, 7) is 0.198. The molecule has 1 saturated heterocycles. The molecule has 23 heavy (non-hydrogen) atoms. The lowest BCUT2D eigenvalue weighted by Gasteiger charge is -2.08. The topological polar surface area (TPSA) is 148 Å². The van der Waals surface area contributed by atoms with E-state index in [-0.39, 0.29) is 18.4 Å². The maximum Gasteiger partial charge on any atom is 0.394 e. The number of aliphatic imine (C=N–C) groups is 1. The monoisotopic (exact) mass is 364 g/mol. The molecule has 0 bridgehead atoms. The number of nitrogens with zero attached hydrogens (tertiary/aromatic N) is 2. The summed E-state index contributed by atoms with van der Waals surface area (Å²) < 4.78 is 31.6. The van der Waals surface area contributed by atoms with Crippen LogP contribution in [-0.4, -0.2) is 53.9 Å². The molecule has 1 heterocycles. The van der Waals surface area contributed by atoms with Crippen LogP contribution in [0.5, 0.6) is 0 Å². The summed E-state index contributed by atoms with van der Waals surface area (Å²) >= 11 is 5.79. The number of nitrogens with one attached hydrogen (secondary N) is 2. The molecule has 0 saturated carbocycles. The first kappa shape index (κ1) is 18.8. The maximum atomic E-state index is 11.6. The number of rotatable bonds is 1. The van der Waals surface area contributed by atoms with Crippen LogP contribution in [0.3, 0.4) is 0 Å². The molecule has 126 valence electrons. The Morgan fingerprint density at radius 3 is 2.52 bits per heavy atom. The fourth-order valence-corrected chi connectivity index (χ4v) is 1.67. The fraction of sp³-hybridized carbons (Fsp3) is 0.182. The Morgan fingerprint density at radius 1 is 1.43 bits per heavy atom. The molecule has 1 aliphatic rings. The highest BCUT2D eigenvalue weighted by molar-refractivity contribution is 7.79. The largest absolute Gasteiger partial charge is 0.394 e. The van der Waals surface area contributed by atoms with Crippen LogP contribution in [0.1, 0.15) is 0 Å². The molecule has 1 fully saturated rings. The molecule has 0 aromatic heterocycles. The Bertz CT molecular complexity index is 728. The second-order valence-corrected chi connectivity index (χ2v) is 5.56. The van der Waals surface area contributed by atoms with Crippen molar-refractivity contribution in [2.75, 3.05) is 18.9 Å². The average Bonchev–Trinajstić information content (AvgIpc) is 2.65. The number of halogens is 1. The van der Waals surface area contributed by atoms with E-state index < -0.39 is 16.4 Å². The molecule has 1 aromatic rings. The number of benzene rings is 1. The van der Waals surface area contributed by atoms with E-state index in [9.17, 15) is 9.59 Å². The van der Waals surface area contributed by atoms with Crippen molar-refractivity contribution in [3.8, 4) is 0 Å². The summed E-state index contributed by atoms with van der Waals surface area (Å²) in [4.78, 5) is 28.0. The molecule has 4 N–H and O–H groups in total. The first-order valence-electron chi connectivity index (χ1n) is 5.90. The average molecular weight is 365 g/mol. The van der Waals surface area contributed by atoms with Crippen LogP contribution in [0.25, 0.3) is 0 Å². The van der Waals surface area contributed by atoms with Crippen molar-refractivity contribution in [3.05, 3.63) is 29.3 Å². The van der Waals surface area contributed by atoms with E-state index in [1.54, 1.807) is 36.2 Å². The summed E-state index contributed by atoms with van der Waals surface area (Å²) in [5.41, 5.74) is 0.545. The minimum Gasteiger partial charge on any atom is -0.336 e. The number of hydrogen-bond acceptors (Lipinski definition) is 4. The van der Waals surface area contributed by atoms with Gasteiger partial charge in [-0.1, -0.05) is 17.7 Å². The van der Waals surface area contributed by atoms with Crippen molar-refractivity contribution < 1.29 is 27.1 Å². The summed E-state index contributed by atoms with van der Waals surface area (Å²) in [6.07, 6.45) is 0. The molecule has 12 heteroatoms. The molecule has 2 rings (SSSR count). The number of likely N-dealkylation sites (N-methyl/N-ethyl adjacent to an activating group) is 1. The van der Waals surface area contributed by atoms with Crippen LogP contribution in [-0.2, 0) is 15.2 Å². The van der Waals surface area contributed by atoms with Gasteiger partial charge in [0.25, 0.3) is 0 Å². The predicted octanol–water partition coefficient (Wildman–Crippen LogP) is 0.637. The number of hydrogen-bond donors (Lipinski definition) is 4. The molecule has 0 atom stereocenters. The highest BCUT2D eigenvalue weighted by atomic mass is 35.5. The summed E-state index contributed by atoms with van der Waals surface area (Å²) in [7, 11) is -3.00. The molecule has 1 aromatic carbocycles. The second-order valence-electron chi connectivity index (χ2n) is 4.23. The Morgan fingerprint density at radius 2 is 2.04 bits per heavy atom. The minimum absolute atomic E-state index is 0.188. The zero-order valence-electron chi connectivity index (χ0n) is 11.7. The smallest absolute Gasteiger partial charge is 0.336 e. The third-order valence-electron chi connectivity index (χ3n) is 2.28. The Labute approximate surface area is 136 Å². The summed E-state index contributed by atoms with van der Waals surface area (Å²) in [5.74, 6) is 0.0475. The molecule has 10 nitrogen and oxygen atoms in total. The molecule has 0 spiro atoms. The lowest BCUT2D eigenvalue weighted by Crippen LogP contribution is -2.29. The molecule has 0 unspecified atom stereocenters. The van der Waals surface area contributed by atoms with E-state index in [2.05, 4.69) is 15.6 Å². The number of guanidine groups is 1. The number of anilines is 1. The molecule has 0 aliphatic carbocycles. The van der Waals surface area contributed by atoms with Gasteiger partial charge < -0.3 is 10.2 Å². The predicted molar refractivity (Wildman–Crippen MR) is 82.9 cm³/mol. The lowest BCUT2D eigenvalue weighted by molar-refractivity contribution is -0.118. The van der Waals surface area contributed by atoms with Gasteiger partial charge in [0.2, 0.25) is 11.9 Å². The Balaban J connectivity index is 0.000000463.